The molecule has 6 nitrogen and oxygen atoms in total. The van der Waals surface area contributed by atoms with Gasteiger partial charge in [-0.1, -0.05) is 6.07 Å². The van der Waals surface area contributed by atoms with Crippen LogP contribution in [0.3, 0.4) is 0 Å². The number of carbonyl (C=O) groups is 1. The maximum atomic E-state index is 14.3. The number of ether oxygens (including phenoxy) is 1. The van der Waals surface area contributed by atoms with Crippen molar-refractivity contribution < 1.29 is 13.9 Å². The van der Waals surface area contributed by atoms with E-state index in [0.717, 1.165) is 25.2 Å². The monoisotopic (exact) mass is 394 g/mol. The van der Waals surface area contributed by atoms with Crippen LogP contribution in [0, 0.1) is 5.82 Å². The van der Waals surface area contributed by atoms with Crippen molar-refractivity contribution in [2.75, 3.05) is 20.2 Å². The molecule has 1 amide bonds. The van der Waals surface area contributed by atoms with Crippen LogP contribution in [0.25, 0.3) is 0 Å². The first-order valence-electron chi connectivity index (χ1n) is 9.69. The van der Waals surface area contributed by atoms with Gasteiger partial charge >= 0.3 is 0 Å². The van der Waals surface area contributed by atoms with E-state index in [1.54, 1.807) is 29.4 Å². The standard InChI is InChI=1S/C22H23FN4O2/c1-29-19-4-2-3-18(23)20(19)22(28)26-12-7-17(8-13-26)21-25-11-14-27(21)15-16-5-9-24-10-6-16/h2-6,9-11,14,17H,7-8,12-13,15H2,1H3. The average Bonchev–Trinajstić information content (AvgIpc) is 3.22. The molecular weight excluding hydrogens is 371 g/mol. The minimum Gasteiger partial charge on any atom is -0.496 e. The van der Waals surface area contributed by atoms with E-state index in [1.807, 2.05) is 24.5 Å². The van der Waals surface area contributed by atoms with Crippen molar-refractivity contribution >= 4 is 5.91 Å². The maximum Gasteiger partial charge on any atom is 0.260 e. The van der Waals surface area contributed by atoms with Gasteiger partial charge in [-0.05, 0) is 42.7 Å². The molecule has 150 valence electrons. The number of nitrogens with zero attached hydrogens (tertiary/aromatic N) is 4. The largest absolute Gasteiger partial charge is 0.496 e. The molecule has 0 N–H and O–H groups in total. The molecule has 1 saturated heterocycles. The Labute approximate surface area is 169 Å². The first kappa shape index (κ1) is 19.1. The number of hydrogen-bond acceptors (Lipinski definition) is 4. The summed E-state index contributed by atoms with van der Waals surface area (Å²) in [5.41, 5.74) is 1.17. The zero-order valence-corrected chi connectivity index (χ0v) is 16.3. The van der Waals surface area contributed by atoms with Crippen LogP contribution >= 0.6 is 0 Å². The second kappa shape index (κ2) is 8.43. The van der Waals surface area contributed by atoms with Gasteiger partial charge in [0.25, 0.3) is 5.91 Å². The molecule has 0 bridgehead atoms. The van der Waals surface area contributed by atoms with Crippen molar-refractivity contribution in [3.05, 3.63) is 77.9 Å². The zero-order valence-electron chi connectivity index (χ0n) is 16.3. The van der Waals surface area contributed by atoms with Crippen LogP contribution in [-0.2, 0) is 6.54 Å². The number of hydrogen-bond donors (Lipinski definition) is 0. The number of methoxy groups -OCH3 is 1. The highest BCUT2D eigenvalue weighted by molar-refractivity contribution is 5.97. The molecule has 0 unspecified atom stereocenters. The summed E-state index contributed by atoms with van der Waals surface area (Å²) >= 11 is 0. The molecule has 7 heteroatoms. The highest BCUT2D eigenvalue weighted by Gasteiger charge is 2.29. The highest BCUT2D eigenvalue weighted by Crippen LogP contribution is 2.30. The van der Waals surface area contributed by atoms with Crippen molar-refractivity contribution in [1.29, 1.82) is 0 Å². The third kappa shape index (κ3) is 3.99. The van der Waals surface area contributed by atoms with E-state index in [4.69, 9.17) is 4.74 Å². The summed E-state index contributed by atoms with van der Waals surface area (Å²) in [5, 5.41) is 0. The Balaban J connectivity index is 1.44. The lowest BCUT2D eigenvalue weighted by Crippen LogP contribution is -2.39. The van der Waals surface area contributed by atoms with Crippen LogP contribution in [-0.4, -0.2) is 45.5 Å². The number of halogens is 1. The number of rotatable bonds is 5. The van der Waals surface area contributed by atoms with Crippen LogP contribution in [0.15, 0.2) is 55.1 Å². The molecule has 1 fully saturated rings. The highest BCUT2D eigenvalue weighted by atomic mass is 19.1. The molecule has 0 atom stereocenters. The normalized spacial score (nSPS) is 14.8. The predicted molar refractivity (Wildman–Crippen MR) is 106 cm³/mol. The van der Waals surface area contributed by atoms with Gasteiger partial charge in [-0.25, -0.2) is 9.37 Å². The van der Waals surface area contributed by atoms with E-state index < -0.39 is 5.82 Å². The SMILES string of the molecule is COc1cccc(F)c1C(=O)N1CCC(c2nccn2Cc2ccncc2)CC1. The lowest BCUT2D eigenvalue weighted by Gasteiger charge is -2.32. The van der Waals surface area contributed by atoms with E-state index in [9.17, 15) is 9.18 Å². The Morgan fingerprint density at radius 2 is 1.93 bits per heavy atom. The summed E-state index contributed by atoms with van der Waals surface area (Å²) in [6, 6.07) is 8.43. The number of likely N-dealkylation sites (tertiary alicyclic amines) is 1. The second-order valence-electron chi connectivity index (χ2n) is 7.15. The van der Waals surface area contributed by atoms with E-state index in [2.05, 4.69) is 14.5 Å². The average molecular weight is 394 g/mol. The van der Waals surface area contributed by atoms with E-state index in [0.29, 0.717) is 13.1 Å². The summed E-state index contributed by atoms with van der Waals surface area (Å²) in [4.78, 5) is 23.2. The molecule has 3 heterocycles. The van der Waals surface area contributed by atoms with Crippen molar-refractivity contribution in [3.8, 4) is 5.75 Å². The Morgan fingerprint density at radius 3 is 2.66 bits per heavy atom. The fourth-order valence-electron chi connectivity index (χ4n) is 3.88. The van der Waals surface area contributed by atoms with Crippen molar-refractivity contribution in [2.45, 2.75) is 25.3 Å². The molecule has 4 rings (SSSR count). The van der Waals surface area contributed by atoms with E-state index in [1.165, 1.54) is 18.7 Å². The molecule has 1 aromatic carbocycles. The van der Waals surface area contributed by atoms with Gasteiger partial charge in [0.15, 0.2) is 0 Å². The van der Waals surface area contributed by atoms with Gasteiger partial charge in [0.05, 0.1) is 7.11 Å². The van der Waals surface area contributed by atoms with Gasteiger partial charge in [-0.2, -0.15) is 0 Å². The summed E-state index contributed by atoms with van der Waals surface area (Å²) < 4.78 is 21.6. The molecule has 1 aliphatic rings. The minimum absolute atomic E-state index is 0.00707. The topological polar surface area (TPSA) is 60.2 Å². The first-order chi connectivity index (χ1) is 14.2. The van der Waals surface area contributed by atoms with Crippen molar-refractivity contribution in [1.82, 2.24) is 19.4 Å². The summed E-state index contributed by atoms with van der Waals surface area (Å²) in [6.45, 7) is 1.86. The van der Waals surface area contributed by atoms with Crippen molar-refractivity contribution in [3.63, 3.8) is 0 Å². The molecule has 3 aromatic rings. The second-order valence-corrected chi connectivity index (χ2v) is 7.15. The lowest BCUT2D eigenvalue weighted by molar-refractivity contribution is 0.0702. The van der Waals surface area contributed by atoms with E-state index >= 15 is 0 Å². The fourth-order valence-corrected chi connectivity index (χ4v) is 3.88. The van der Waals surface area contributed by atoms with Gasteiger partial charge in [-0.15, -0.1) is 0 Å². The van der Waals surface area contributed by atoms with Crippen LogP contribution in [0.1, 0.15) is 40.5 Å². The molecule has 0 radical (unpaired) electrons. The fraction of sp³-hybridized carbons (Fsp3) is 0.318. The van der Waals surface area contributed by atoms with Gasteiger partial charge in [0, 0.05) is 50.3 Å². The first-order valence-corrected chi connectivity index (χ1v) is 9.69. The smallest absolute Gasteiger partial charge is 0.260 e. The zero-order chi connectivity index (χ0) is 20.2. The van der Waals surface area contributed by atoms with Crippen LogP contribution in [0.4, 0.5) is 4.39 Å². The molecular formula is C22H23FN4O2. The lowest BCUT2D eigenvalue weighted by atomic mass is 9.95. The Bertz CT molecular complexity index is 981. The van der Waals surface area contributed by atoms with E-state index in [-0.39, 0.29) is 23.1 Å². The Hall–Kier alpha value is -3.22. The number of amides is 1. The van der Waals surface area contributed by atoms with Crippen LogP contribution in [0.2, 0.25) is 0 Å². The quantitative estimate of drug-likeness (QED) is 0.665. The number of carbonyl (C=O) groups excluding carboxylic acids is 1. The summed E-state index contributed by atoms with van der Waals surface area (Å²) in [5.74, 6) is 0.684. The molecule has 0 aliphatic carbocycles. The minimum atomic E-state index is -0.552. The Morgan fingerprint density at radius 1 is 1.17 bits per heavy atom. The molecule has 2 aromatic heterocycles. The van der Waals surface area contributed by atoms with Crippen LogP contribution in [0.5, 0.6) is 5.75 Å². The van der Waals surface area contributed by atoms with Gasteiger partial charge < -0.3 is 14.2 Å². The molecule has 29 heavy (non-hydrogen) atoms. The van der Waals surface area contributed by atoms with Crippen molar-refractivity contribution in [2.24, 2.45) is 0 Å². The number of benzene rings is 1. The maximum absolute atomic E-state index is 14.3. The summed E-state index contributed by atoms with van der Waals surface area (Å²) in [6.07, 6.45) is 8.95. The number of piperidine rings is 1. The third-order valence-corrected chi connectivity index (χ3v) is 5.41. The predicted octanol–water partition coefficient (Wildman–Crippen LogP) is 3.49. The summed E-state index contributed by atoms with van der Waals surface area (Å²) in [7, 11) is 1.44. The molecule has 1 aliphatic heterocycles. The molecule has 0 saturated carbocycles. The van der Waals surface area contributed by atoms with Gasteiger partial charge in [0.2, 0.25) is 0 Å². The number of pyridine rings is 1. The number of aromatic nitrogens is 3. The van der Waals surface area contributed by atoms with Crippen LogP contribution < -0.4 is 4.74 Å². The number of imidazole rings is 1. The van der Waals surface area contributed by atoms with Gasteiger partial charge in [-0.3, -0.25) is 9.78 Å². The van der Waals surface area contributed by atoms with Gasteiger partial charge in [0.1, 0.15) is 23.0 Å². The Kier molecular flexibility index (Phi) is 5.55. The molecule has 0 spiro atoms. The third-order valence-electron chi connectivity index (χ3n) is 5.41.